The van der Waals surface area contributed by atoms with Gasteiger partial charge in [0.1, 0.15) is 17.3 Å². The van der Waals surface area contributed by atoms with Gasteiger partial charge in [-0.25, -0.2) is 9.78 Å². The smallest absolute Gasteiger partial charge is 0.337 e. The third-order valence-corrected chi connectivity index (χ3v) is 8.03. The largest absolute Gasteiger partial charge is 0.478 e. The van der Waals surface area contributed by atoms with Crippen LogP contribution in [0.3, 0.4) is 0 Å². The summed E-state index contributed by atoms with van der Waals surface area (Å²) in [6.07, 6.45) is 5.93. The zero-order valence-corrected chi connectivity index (χ0v) is 22.4. The number of aryl methyl sites for hydroxylation is 1. The van der Waals surface area contributed by atoms with Crippen molar-refractivity contribution in [3.8, 4) is 11.3 Å². The lowest BCUT2D eigenvalue weighted by molar-refractivity contribution is 0.0402. The molecule has 3 aliphatic rings. The molecule has 3 heterocycles. The molecular weight excluding hydrogens is 490 g/mol. The minimum absolute atomic E-state index is 0.205. The summed E-state index contributed by atoms with van der Waals surface area (Å²) in [7, 11) is 0. The molecule has 0 spiro atoms. The van der Waals surface area contributed by atoms with Crippen molar-refractivity contribution < 1.29 is 19.2 Å². The van der Waals surface area contributed by atoms with Crippen molar-refractivity contribution >= 4 is 23.4 Å². The molecule has 0 radical (unpaired) electrons. The molecule has 6 rings (SSSR count). The van der Waals surface area contributed by atoms with Crippen LogP contribution in [0.4, 0.5) is 5.82 Å². The highest BCUT2D eigenvalue weighted by molar-refractivity contribution is 6.33. The van der Waals surface area contributed by atoms with Crippen molar-refractivity contribution in [1.82, 2.24) is 10.1 Å². The lowest BCUT2D eigenvalue weighted by Gasteiger charge is -2.20. The second-order valence-corrected chi connectivity index (χ2v) is 10.5. The van der Waals surface area contributed by atoms with Gasteiger partial charge in [0.2, 0.25) is 0 Å². The van der Waals surface area contributed by atoms with E-state index in [1.54, 1.807) is 6.07 Å². The molecule has 1 saturated heterocycles. The number of pyridine rings is 1. The van der Waals surface area contributed by atoms with Crippen LogP contribution in [0, 0.1) is 18.8 Å². The maximum Gasteiger partial charge on any atom is 0.337 e. The Morgan fingerprint density at radius 1 is 1.16 bits per heavy atom. The molecule has 7 nitrogen and oxygen atoms in total. The molecule has 3 aromatic rings. The number of hydrogen-bond acceptors (Lipinski definition) is 6. The summed E-state index contributed by atoms with van der Waals surface area (Å²) in [4.78, 5) is 17.7. The number of ether oxygens (including phenoxy) is 1. The Bertz CT molecular complexity index is 1220. The number of hydrogen-bond donors (Lipinski definition) is 1. The van der Waals surface area contributed by atoms with Crippen LogP contribution in [0.5, 0.6) is 0 Å². The molecule has 1 aromatic carbocycles. The van der Waals surface area contributed by atoms with Crippen molar-refractivity contribution in [3.05, 3.63) is 64.0 Å². The summed E-state index contributed by atoms with van der Waals surface area (Å²) < 4.78 is 12.3. The molecule has 0 amide bonds. The summed E-state index contributed by atoms with van der Waals surface area (Å²) >= 11 is 6.56. The van der Waals surface area contributed by atoms with E-state index in [0.29, 0.717) is 29.4 Å². The van der Waals surface area contributed by atoms with Gasteiger partial charge in [-0.15, -0.1) is 0 Å². The topological polar surface area (TPSA) is 88.7 Å². The number of anilines is 1. The third-order valence-electron chi connectivity index (χ3n) is 7.72. The predicted molar refractivity (Wildman–Crippen MR) is 143 cm³/mol. The SMILES string of the molecule is CC.Cc1cccc(Cl)c1-c1noc(C2CC2)c1COC1CC2CN(c3ccc(C(=O)O)cn3)C[C@@H]2C1. The highest BCUT2D eigenvalue weighted by Gasteiger charge is 2.42. The van der Waals surface area contributed by atoms with E-state index in [9.17, 15) is 4.79 Å². The van der Waals surface area contributed by atoms with Gasteiger partial charge < -0.3 is 19.3 Å². The molecule has 2 unspecified atom stereocenters. The molecule has 8 heteroatoms. The van der Waals surface area contributed by atoms with Crippen molar-refractivity contribution in [2.24, 2.45) is 11.8 Å². The van der Waals surface area contributed by atoms with E-state index >= 15 is 0 Å². The second kappa shape index (κ2) is 10.8. The van der Waals surface area contributed by atoms with E-state index in [1.165, 1.54) is 6.20 Å². The molecule has 0 bridgehead atoms. The van der Waals surface area contributed by atoms with E-state index < -0.39 is 5.97 Å². The third kappa shape index (κ3) is 5.25. The number of carboxylic acid groups (broad SMARTS) is 1. The van der Waals surface area contributed by atoms with Crippen molar-refractivity contribution in [2.75, 3.05) is 18.0 Å². The normalized spacial score (nSPS) is 22.5. The molecule has 2 aliphatic carbocycles. The predicted octanol–water partition coefficient (Wildman–Crippen LogP) is 6.73. The molecule has 196 valence electrons. The standard InChI is InChI=1S/C27H28ClN3O4.C2H6/c1-15-3-2-4-22(28)24(15)25-21(26(35-30-25)16-5-6-16)14-34-20-9-18-12-31(13-19(18)10-20)23-8-7-17(11-29-23)27(32)33;1-2/h2-4,7-8,11,16,18-20H,5-6,9-10,12-14H2,1H3,(H,32,33);1-2H3/t18-,19?,20?;/m0./s1. The first kappa shape index (κ1) is 25.7. The highest BCUT2D eigenvalue weighted by Crippen LogP contribution is 2.46. The summed E-state index contributed by atoms with van der Waals surface area (Å²) in [5, 5.41) is 14.2. The van der Waals surface area contributed by atoms with Gasteiger partial charge in [0.25, 0.3) is 0 Å². The average Bonchev–Trinajstić information content (AvgIpc) is 3.36. The fourth-order valence-electron chi connectivity index (χ4n) is 5.72. The van der Waals surface area contributed by atoms with Crippen LogP contribution in [-0.4, -0.2) is 40.4 Å². The van der Waals surface area contributed by atoms with Crippen LogP contribution >= 0.6 is 11.6 Å². The first-order chi connectivity index (χ1) is 18.0. The number of halogens is 1. The van der Waals surface area contributed by atoms with Gasteiger partial charge in [0.15, 0.2) is 0 Å². The number of benzene rings is 1. The zero-order chi connectivity index (χ0) is 26.1. The van der Waals surface area contributed by atoms with E-state index in [2.05, 4.69) is 15.0 Å². The van der Waals surface area contributed by atoms with E-state index in [0.717, 1.165) is 72.7 Å². The number of rotatable bonds is 7. The molecule has 2 aromatic heterocycles. The van der Waals surface area contributed by atoms with E-state index in [-0.39, 0.29) is 11.7 Å². The Labute approximate surface area is 222 Å². The van der Waals surface area contributed by atoms with Gasteiger partial charge >= 0.3 is 5.97 Å². The molecule has 1 N–H and O–H groups in total. The van der Waals surface area contributed by atoms with Crippen LogP contribution < -0.4 is 4.90 Å². The number of nitrogens with zero attached hydrogens (tertiary/aromatic N) is 3. The van der Waals surface area contributed by atoms with Crippen molar-refractivity contribution in [3.63, 3.8) is 0 Å². The summed E-state index contributed by atoms with van der Waals surface area (Å²) in [6, 6.07) is 9.33. The number of aromatic nitrogens is 2. The number of aromatic carboxylic acids is 1. The van der Waals surface area contributed by atoms with Gasteiger partial charge in [-0.2, -0.15) is 0 Å². The molecular formula is C29H34ClN3O4. The monoisotopic (exact) mass is 523 g/mol. The Hall–Kier alpha value is -2.90. The number of fused-ring (bicyclic) bond motifs is 1. The lowest BCUT2D eigenvalue weighted by Crippen LogP contribution is -2.24. The first-order valence-electron chi connectivity index (χ1n) is 13.3. The number of carbonyl (C=O) groups is 1. The quantitative estimate of drug-likeness (QED) is 0.367. The molecule has 3 fully saturated rings. The maximum absolute atomic E-state index is 11.1. The Morgan fingerprint density at radius 3 is 2.49 bits per heavy atom. The minimum atomic E-state index is -0.951. The summed E-state index contributed by atoms with van der Waals surface area (Å²) in [5.41, 5.74) is 4.09. The van der Waals surface area contributed by atoms with Gasteiger partial charge in [0.05, 0.1) is 23.3 Å². The fourth-order valence-corrected chi connectivity index (χ4v) is 6.04. The van der Waals surface area contributed by atoms with Crippen molar-refractivity contribution in [2.45, 2.75) is 65.1 Å². The van der Waals surface area contributed by atoms with Gasteiger partial charge in [0, 0.05) is 36.3 Å². The van der Waals surface area contributed by atoms with Crippen LogP contribution in [-0.2, 0) is 11.3 Å². The molecule has 37 heavy (non-hydrogen) atoms. The fraction of sp³-hybridized carbons (Fsp3) is 0.483. The first-order valence-corrected chi connectivity index (χ1v) is 13.7. The average molecular weight is 524 g/mol. The highest BCUT2D eigenvalue weighted by atomic mass is 35.5. The molecule has 3 atom stereocenters. The Balaban J connectivity index is 0.00000137. The number of carboxylic acids is 1. The van der Waals surface area contributed by atoms with Gasteiger partial charge in [-0.05, 0) is 68.2 Å². The Kier molecular flexibility index (Phi) is 7.54. The Morgan fingerprint density at radius 2 is 1.89 bits per heavy atom. The molecule has 1 aliphatic heterocycles. The summed E-state index contributed by atoms with van der Waals surface area (Å²) in [6.45, 7) is 8.38. The molecule has 2 saturated carbocycles. The van der Waals surface area contributed by atoms with Crippen LogP contribution in [0.2, 0.25) is 5.02 Å². The van der Waals surface area contributed by atoms with Gasteiger partial charge in [-0.3, -0.25) is 0 Å². The van der Waals surface area contributed by atoms with Gasteiger partial charge in [-0.1, -0.05) is 42.7 Å². The zero-order valence-electron chi connectivity index (χ0n) is 21.6. The minimum Gasteiger partial charge on any atom is -0.478 e. The van der Waals surface area contributed by atoms with E-state index in [1.807, 2.05) is 45.0 Å². The maximum atomic E-state index is 11.1. The van der Waals surface area contributed by atoms with Crippen LogP contribution in [0.25, 0.3) is 11.3 Å². The van der Waals surface area contributed by atoms with Crippen LogP contribution in [0.15, 0.2) is 41.1 Å². The lowest BCUT2D eigenvalue weighted by atomic mass is 10.0. The summed E-state index contributed by atoms with van der Waals surface area (Å²) in [5.74, 6) is 2.40. The van der Waals surface area contributed by atoms with Crippen molar-refractivity contribution in [1.29, 1.82) is 0 Å². The van der Waals surface area contributed by atoms with Crippen LogP contribution in [0.1, 0.15) is 72.7 Å². The second-order valence-electron chi connectivity index (χ2n) is 10.1. The van der Waals surface area contributed by atoms with E-state index in [4.69, 9.17) is 26.0 Å².